The zero-order valence-corrected chi connectivity index (χ0v) is 9.71. The topological polar surface area (TPSA) is 81.5 Å². The van der Waals surface area contributed by atoms with E-state index in [1.165, 1.54) is 19.5 Å². The molecule has 0 amide bonds. The minimum atomic E-state index is -0.550. The van der Waals surface area contributed by atoms with Crippen LogP contribution in [-0.4, -0.2) is 34.8 Å². The maximum Gasteiger partial charge on any atom is 0.337 e. The maximum absolute atomic E-state index is 11.4. The minimum absolute atomic E-state index is 0.153. The molecule has 0 aliphatic heterocycles. The first-order valence-electron chi connectivity index (χ1n) is 5.06. The zero-order valence-electron chi connectivity index (χ0n) is 9.71. The van der Waals surface area contributed by atoms with Gasteiger partial charge in [-0.25, -0.2) is 14.8 Å². The number of carbonyl (C=O) groups is 1. The molecule has 92 valence electrons. The van der Waals surface area contributed by atoms with Gasteiger partial charge < -0.3 is 14.6 Å². The highest BCUT2D eigenvalue weighted by atomic mass is 16.5. The van der Waals surface area contributed by atoms with Crippen LogP contribution in [0, 0.1) is 0 Å². The fraction of sp³-hybridized carbons (Fsp3) is 0.364. The Balaban J connectivity index is 2.71. The number of aromatic nitrogens is 2. The summed E-state index contributed by atoms with van der Waals surface area (Å²) in [7, 11) is 1.46. The number of hydrogen-bond acceptors (Lipinski definition) is 6. The summed E-state index contributed by atoms with van der Waals surface area (Å²) < 4.78 is 9.59. The molecule has 0 fully saturated rings. The smallest absolute Gasteiger partial charge is 0.337 e. The van der Waals surface area contributed by atoms with Crippen molar-refractivity contribution in [3.63, 3.8) is 0 Å². The van der Waals surface area contributed by atoms with Crippen molar-refractivity contribution in [3.05, 3.63) is 29.8 Å². The maximum atomic E-state index is 11.4. The fourth-order valence-corrected chi connectivity index (χ4v) is 1.15. The lowest BCUT2D eigenvalue weighted by Gasteiger charge is -2.05. The fourth-order valence-electron chi connectivity index (χ4n) is 1.15. The Morgan fingerprint density at radius 2 is 2.12 bits per heavy atom. The first kappa shape index (κ1) is 13.0. The molecule has 0 bridgehead atoms. The lowest BCUT2D eigenvalue weighted by atomic mass is 10.1. The molecule has 0 atom stereocenters. The summed E-state index contributed by atoms with van der Waals surface area (Å²) in [6.07, 6.45) is 3.99. The van der Waals surface area contributed by atoms with Crippen molar-refractivity contribution in [1.82, 2.24) is 9.97 Å². The number of carbonyl (C=O) groups excluding carboxylic acids is 1. The largest absolute Gasteiger partial charge is 0.515 e. The van der Waals surface area contributed by atoms with E-state index in [1.807, 2.05) is 0 Å². The van der Waals surface area contributed by atoms with E-state index in [2.05, 4.69) is 9.97 Å². The summed E-state index contributed by atoms with van der Waals surface area (Å²) in [6, 6.07) is 0.249. The Labute approximate surface area is 98.9 Å². The van der Waals surface area contributed by atoms with Crippen LogP contribution in [0.2, 0.25) is 0 Å². The van der Waals surface area contributed by atoms with E-state index in [9.17, 15) is 4.79 Å². The van der Waals surface area contributed by atoms with E-state index in [4.69, 9.17) is 14.6 Å². The van der Waals surface area contributed by atoms with Crippen molar-refractivity contribution >= 4 is 5.97 Å². The van der Waals surface area contributed by atoms with Gasteiger partial charge in [-0.05, 0) is 12.5 Å². The van der Waals surface area contributed by atoms with E-state index in [0.717, 1.165) is 6.26 Å². The third-order valence-electron chi connectivity index (χ3n) is 1.95. The first-order chi connectivity index (χ1) is 8.21. The molecule has 1 aromatic rings. The number of nitrogens with zero attached hydrogens (tertiary/aromatic N) is 2. The van der Waals surface area contributed by atoms with Crippen molar-refractivity contribution in [2.75, 3.05) is 13.7 Å². The normalized spacial score (nSPS) is 11.1. The molecule has 0 aromatic carbocycles. The van der Waals surface area contributed by atoms with Gasteiger partial charge in [-0.15, -0.1) is 0 Å². The Hall–Kier alpha value is -2.11. The van der Waals surface area contributed by atoms with Gasteiger partial charge in [0.05, 0.1) is 25.6 Å². The first-order valence-corrected chi connectivity index (χ1v) is 5.06. The van der Waals surface area contributed by atoms with E-state index < -0.39 is 5.97 Å². The van der Waals surface area contributed by atoms with Crippen molar-refractivity contribution in [2.45, 2.75) is 13.3 Å². The Bertz CT molecular complexity index is 400. The van der Waals surface area contributed by atoms with Crippen LogP contribution in [0.5, 0.6) is 6.01 Å². The van der Waals surface area contributed by atoms with Gasteiger partial charge in [-0.2, -0.15) is 0 Å². The van der Waals surface area contributed by atoms with E-state index >= 15 is 0 Å². The van der Waals surface area contributed by atoms with Crippen molar-refractivity contribution in [1.29, 1.82) is 0 Å². The third-order valence-corrected chi connectivity index (χ3v) is 1.95. The van der Waals surface area contributed by atoms with Gasteiger partial charge in [-0.1, -0.05) is 0 Å². The standard InChI is InChI=1S/C11H14N2O4/c1-3-17-10(15)9(7-14)4-8-5-12-11(16-2)13-6-8/h5-7,14H,3-4H2,1-2H3. The SMILES string of the molecule is CCOC(=O)C(=CO)Cc1cnc(OC)nc1. The average Bonchev–Trinajstić information content (AvgIpc) is 2.37. The highest BCUT2D eigenvalue weighted by molar-refractivity contribution is 5.88. The predicted molar refractivity (Wildman–Crippen MR) is 59.6 cm³/mol. The highest BCUT2D eigenvalue weighted by Gasteiger charge is 2.12. The van der Waals surface area contributed by atoms with Crippen molar-refractivity contribution in [2.24, 2.45) is 0 Å². The molecule has 0 radical (unpaired) electrons. The molecule has 1 heterocycles. The number of esters is 1. The lowest BCUT2D eigenvalue weighted by molar-refractivity contribution is -0.138. The van der Waals surface area contributed by atoms with Gasteiger partial charge in [0.1, 0.15) is 0 Å². The molecule has 0 saturated carbocycles. The molecule has 1 rings (SSSR count). The summed E-state index contributed by atoms with van der Waals surface area (Å²) in [5.74, 6) is -0.550. The Kier molecular flexibility index (Phi) is 4.93. The third kappa shape index (κ3) is 3.75. The van der Waals surface area contributed by atoms with Gasteiger partial charge in [0, 0.05) is 18.8 Å². The number of aliphatic hydroxyl groups is 1. The molecular weight excluding hydrogens is 224 g/mol. The molecule has 0 aliphatic rings. The highest BCUT2D eigenvalue weighted by Crippen LogP contribution is 2.09. The summed E-state index contributed by atoms with van der Waals surface area (Å²) in [4.78, 5) is 19.2. The number of aliphatic hydroxyl groups excluding tert-OH is 1. The number of ether oxygens (including phenoxy) is 2. The van der Waals surface area contributed by atoms with Crippen LogP contribution in [0.15, 0.2) is 24.2 Å². The van der Waals surface area contributed by atoms with Crippen LogP contribution in [0.1, 0.15) is 12.5 Å². The number of hydrogen-bond donors (Lipinski definition) is 1. The van der Waals surface area contributed by atoms with Gasteiger partial charge in [0.25, 0.3) is 0 Å². The molecule has 1 aromatic heterocycles. The van der Waals surface area contributed by atoms with Gasteiger partial charge in [0.15, 0.2) is 0 Å². The number of rotatable bonds is 5. The molecule has 1 N–H and O–H groups in total. The Morgan fingerprint density at radius 1 is 1.47 bits per heavy atom. The molecule has 0 spiro atoms. The van der Waals surface area contributed by atoms with E-state index in [0.29, 0.717) is 5.56 Å². The zero-order chi connectivity index (χ0) is 12.7. The van der Waals surface area contributed by atoms with E-state index in [1.54, 1.807) is 6.92 Å². The molecule has 0 saturated heterocycles. The summed E-state index contributed by atoms with van der Waals surface area (Å²) >= 11 is 0. The van der Waals surface area contributed by atoms with Crippen LogP contribution in [0.25, 0.3) is 0 Å². The van der Waals surface area contributed by atoms with Crippen LogP contribution in [0.4, 0.5) is 0 Å². The van der Waals surface area contributed by atoms with Crippen LogP contribution in [0.3, 0.4) is 0 Å². The molecule has 6 nitrogen and oxygen atoms in total. The van der Waals surface area contributed by atoms with Crippen LogP contribution < -0.4 is 4.74 Å². The molecule has 0 aliphatic carbocycles. The molecule has 0 unspecified atom stereocenters. The molecular formula is C11H14N2O4. The average molecular weight is 238 g/mol. The second-order valence-electron chi connectivity index (χ2n) is 3.13. The second-order valence-corrected chi connectivity index (χ2v) is 3.13. The van der Waals surface area contributed by atoms with Crippen molar-refractivity contribution in [3.8, 4) is 6.01 Å². The second kappa shape index (κ2) is 6.47. The number of methoxy groups -OCH3 is 1. The Morgan fingerprint density at radius 3 is 2.59 bits per heavy atom. The summed E-state index contributed by atoms with van der Waals surface area (Å²) in [5, 5.41) is 8.96. The quantitative estimate of drug-likeness (QED) is 0.469. The monoisotopic (exact) mass is 238 g/mol. The van der Waals surface area contributed by atoms with Crippen molar-refractivity contribution < 1.29 is 19.4 Å². The predicted octanol–water partition coefficient (Wildman–Crippen LogP) is 1.03. The summed E-state index contributed by atoms with van der Waals surface area (Å²) in [5.41, 5.74) is 0.833. The minimum Gasteiger partial charge on any atom is -0.515 e. The lowest BCUT2D eigenvalue weighted by Crippen LogP contribution is -2.10. The van der Waals surface area contributed by atoms with Gasteiger partial charge in [-0.3, -0.25) is 0 Å². The van der Waals surface area contributed by atoms with E-state index in [-0.39, 0.29) is 24.6 Å². The van der Waals surface area contributed by atoms with Gasteiger partial charge in [0.2, 0.25) is 0 Å². The van der Waals surface area contributed by atoms with Crippen LogP contribution in [-0.2, 0) is 16.0 Å². The van der Waals surface area contributed by atoms with Crippen LogP contribution >= 0.6 is 0 Å². The molecule has 6 heteroatoms. The van der Waals surface area contributed by atoms with Gasteiger partial charge >= 0.3 is 12.0 Å². The summed E-state index contributed by atoms with van der Waals surface area (Å²) in [6.45, 7) is 1.96. The molecule has 17 heavy (non-hydrogen) atoms.